The summed E-state index contributed by atoms with van der Waals surface area (Å²) in [6.07, 6.45) is 0.0183. The summed E-state index contributed by atoms with van der Waals surface area (Å²) < 4.78 is 52.6. The molecule has 0 bridgehead atoms. The van der Waals surface area contributed by atoms with E-state index in [-0.39, 0.29) is 17.9 Å². The Labute approximate surface area is 373 Å². The minimum absolute atomic E-state index is 0.0183. The van der Waals surface area contributed by atoms with Gasteiger partial charge in [-0.2, -0.15) is 16.1 Å². The number of methoxy groups -OCH3 is 4. The lowest BCUT2D eigenvalue weighted by Gasteiger charge is -2.36. The van der Waals surface area contributed by atoms with E-state index >= 15 is 4.79 Å². The van der Waals surface area contributed by atoms with Crippen molar-refractivity contribution in [3.05, 3.63) is 186 Å². The molecule has 1 unspecified atom stereocenters. The Morgan fingerprint density at radius 3 is 1.62 bits per heavy atom. The average molecular weight is 890 g/mol. The van der Waals surface area contributed by atoms with E-state index in [9.17, 15) is 13.2 Å². The molecule has 0 radical (unpaired) electrons. The van der Waals surface area contributed by atoms with E-state index in [1.807, 2.05) is 121 Å². The van der Waals surface area contributed by atoms with Gasteiger partial charge in [-0.25, -0.2) is 13.9 Å². The van der Waals surface area contributed by atoms with Crippen LogP contribution in [-0.4, -0.2) is 71.3 Å². The first-order valence-corrected chi connectivity index (χ1v) is 22.7. The van der Waals surface area contributed by atoms with E-state index in [4.69, 9.17) is 23.8 Å². The Balaban J connectivity index is 1.39. The molecular weight excluding hydrogens is 839 g/mol. The molecule has 63 heavy (non-hydrogen) atoms. The first-order chi connectivity index (χ1) is 30.6. The summed E-state index contributed by atoms with van der Waals surface area (Å²) in [7, 11) is 1.38. The fourth-order valence-electron chi connectivity index (χ4n) is 7.14. The van der Waals surface area contributed by atoms with Gasteiger partial charge in [0.1, 0.15) is 29.0 Å². The van der Waals surface area contributed by atoms with Crippen molar-refractivity contribution in [1.82, 2.24) is 15.1 Å². The number of sulfonamides is 1. The third kappa shape index (κ3) is 11.2. The Morgan fingerprint density at radius 2 is 1.14 bits per heavy atom. The Kier molecular flexibility index (Phi) is 16.2. The zero-order valence-corrected chi connectivity index (χ0v) is 37.2. The zero-order chi connectivity index (χ0) is 44.7. The first-order valence-electron chi connectivity index (χ1n) is 20.1. The summed E-state index contributed by atoms with van der Waals surface area (Å²) in [5.74, 6) is 1.19. The third-order valence-electron chi connectivity index (χ3n) is 10.4. The topological polar surface area (TPSA) is 142 Å². The quantitative estimate of drug-likeness (QED) is 0.0395. The second-order valence-electron chi connectivity index (χ2n) is 14.2. The Morgan fingerprint density at radius 1 is 0.651 bits per heavy atom. The van der Waals surface area contributed by atoms with Crippen LogP contribution in [-0.2, 0) is 42.3 Å². The molecule has 0 aliphatic rings. The van der Waals surface area contributed by atoms with Crippen LogP contribution >= 0.6 is 11.8 Å². The molecule has 0 spiro atoms. The van der Waals surface area contributed by atoms with Crippen molar-refractivity contribution < 1.29 is 41.8 Å². The molecular formula is C49H51N3O9S2. The van der Waals surface area contributed by atoms with Crippen LogP contribution in [0.3, 0.4) is 0 Å². The van der Waals surface area contributed by atoms with Crippen molar-refractivity contribution in [2.45, 2.75) is 35.3 Å². The zero-order valence-electron chi connectivity index (χ0n) is 35.6. The fraction of sp³-hybridized carbons (Fsp3) is 0.224. The highest BCUT2D eigenvalue weighted by atomic mass is 32.2. The van der Waals surface area contributed by atoms with Crippen LogP contribution < -0.4 is 29.7 Å². The molecule has 328 valence electrons. The van der Waals surface area contributed by atoms with Crippen molar-refractivity contribution >= 4 is 33.6 Å². The second-order valence-corrected chi connectivity index (χ2v) is 17.2. The van der Waals surface area contributed by atoms with Crippen molar-refractivity contribution in [2.24, 2.45) is 0 Å². The Bertz CT molecular complexity index is 2380. The van der Waals surface area contributed by atoms with Crippen molar-refractivity contribution in [1.29, 1.82) is 0 Å². The molecule has 0 aliphatic carbocycles. The van der Waals surface area contributed by atoms with Crippen LogP contribution in [0.5, 0.6) is 23.0 Å². The lowest BCUT2D eigenvalue weighted by molar-refractivity contribution is -0.147. The molecule has 12 nitrogen and oxygen atoms in total. The van der Waals surface area contributed by atoms with Crippen LogP contribution in [0.4, 0.5) is 0 Å². The summed E-state index contributed by atoms with van der Waals surface area (Å²) in [6, 6.07) is 45.9. The summed E-state index contributed by atoms with van der Waals surface area (Å²) in [5, 5.41) is 2.83. The lowest BCUT2D eigenvalue weighted by Crippen LogP contribution is -2.54. The number of hydrogen-bond donors (Lipinski definition) is 2. The van der Waals surface area contributed by atoms with Gasteiger partial charge >= 0.3 is 0 Å². The maximum absolute atomic E-state index is 15.0. The number of hydrogen-bond acceptors (Lipinski definition) is 10. The van der Waals surface area contributed by atoms with Crippen molar-refractivity contribution in [3.63, 3.8) is 0 Å². The number of ether oxygens (including phenoxy) is 4. The number of amides is 2. The molecule has 2 amide bonds. The summed E-state index contributed by atoms with van der Waals surface area (Å²) in [5.41, 5.74) is 5.05. The lowest BCUT2D eigenvalue weighted by atomic mass is 9.80. The molecule has 1 atom stereocenters. The maximum Gasteiger partial charge on any atom is 0.262 e. The second kappa shape index (κ2) is 22.2. The van der Waals surface area contributed by atoms with E-state index in [2.05, 4.69) is 10.8 Å². The molecule has 0 saturated heterocycles. The number of rotatable bonds is 22. The number of benzene rings is 6. The highest BCUT2D eigenvalue weighted by Crippen LogP contribution is 2.40. The molecule has 0 aliphatic heterocycles. The van der Waals surface area contributed by atoms with Gasteiger partial charge in [-0.15, -0.1) is 0 Å². The van der Waals surface area contributed by atoms with Crippen LogP contribution in [0.25, 0.3) is 0 Å². The minimum atomic E-state index is -4.56. The predicted octanol–water partition coefficient (Wildman–Crippen LogP) is 7.76. The van der Waals surface area contributed by atoms with E-state index in [1.54, 1.807) is 12.1 Å². The van der Waals surface area contributed by atoms with Gasteiger partial charge in [0.05, 0.1) is 52.0 Å². The molecule has 0 fully saturated rings. The summed E-state index contributed by atoms with van der Waals surface area (Å²) in [6.45, 7) is -0.815. The predicted molar refractivity (Wildman–Crippen MR) is 244 cm³/mol. The molecule has 0 saturated carbocycles. The van der Waals surface area contributed by atoms with Crippen molar-refractivity contribution in [2.75, 3.05) is 40.7 Å². The number of thioether (sulfide) groups is 1. The smallest absolute Gasteiger partial charge is 0.262 e. The molecule has 6 aromatic carbocycles. The molecule has 6 rings (SSSR count). The van der Waals surface area contributed by atoms with Crippen LogP contribution in [0.2, 0.25) is 0 Å². The molecule has 2 N–H and O–H groups in total. The van der Waals surface area contributed by atoms with E-state index < -0.39 is 40.0 Å². The highest BCUT2D eigenvalue weighted by Gasteiger charge is 2.42. The van der Waals surface area contributed by atoms with Crippen LogP contribution in [0, 0.1) is 0 Å². The maximum atomic E-state index is 15.0. The number of carbonyl (C=O) groups is 2. The SMILES string of the molecule is COc1ccc(S(=O)(=O)N(CC(=O)NCc2c(OC)cc(OC)cc2OC)C(CCSCc2ccccc2)C(=O)NOC(c2ccccc2)(c2ccccc2)c2ccccc2)cc1. The Hall–Kier alpha value is -6.32. The standard InChI is InChI=1S/C49H51N3O9S2/c1-57-40-25-27-42(28-26-40)63(55,56)52(34-47(53)50-33-43-45(59-3)31-41(58-2)32-46(43)60-4)44(29-30-62-35-36-17-9-5-10-18-36)48(54)51-61-49(37-19-11-6-12-20-37,38-21-13-7-14-22-38)39-23-15-8-16-24-39/h5-28,31-32,44H,29-30,33-35H2,1-4H3,(H,50,53)(H,51,54). The number of hydroxylamine groups is 1. The molecule has 6 aromatic rings. The molecule has 0 heterocycles. The van der Waals surface area contributed by atoms with Gasteiger partial charge in [0, 0.05) is 17.9 Å². The molecule has 0 aromatic heterocycles. The minimum Gasteiger partial charge on any atom is -0.497 e. The molecule has 14 heteroatoms. The van der Waals surface area contributed by atoms with Gasteiger partial charge in [-0.05, 0) is 58.7 Å². The van der Waals surface area contributed by atoms with Crippen LogP contribution in [0.1, 0.15) is 34.2 Å². The van der Waals surface area contributed by atoms with Crippen LogP contribution in [0.15, 0.2) is 163 Å². The monoisotopic (exact) mass is 889 g/mol. The van der Waals surface area contributed by atoms with Gasteiger partial charge in [-0.3, -0.25) is 14.4 Å². The van der Waals surface area contributed by atoms with Gasteiger partial charge in [0.25, 0.3) is 5.91 Å². The highest BCUT2D eigenvalue weighted by molar-refractivity contribution is 7.98. The first kappa shape index (κ1) is 46.2. The number of nitrogens with zero attached hydrogens (tertiary/aromatic N) is 1. The number of nitrogens with one attached hydrogen (secondary N) is 2. The normalized spacial score (nSPS) is 12.0. The van der Waals surface area contributed by atoms with Gasteiger partial charge in [-0.1, -0.05) is 121 Å². The summed E-state index contributed by atoms with van der Waals surface area (Å²) >= 11 is 1.54. The van der Waals surface area contributed by atoms with Gasteiger partial charge < -0.3 is 24.3 Å². The fourth-order valence-corrected chi connectivity index (χ4v) is 9.67. The van der Waals surface area contributed by atoms with Crippen molar-refractivity contribution in [3.8, 4) is 23.0 Å². The third-order valence-corrected chi connectivity index (χ3v) is 13.3. The van der Waals surface area contributed by atoms with Gasteiger partial charge in [0.2, 0.25) is 15.9 Å². The largest absolute Gasteiger partial charge is 0.497 e. The average Bonchev–Trinajstić information content (AvgIpc) is 3.34. The van der Waals surface area contributed by atoms with Gasteiger partial charge in [0.15, 0.2) is 5.60 Å². The van der Waals surface area contributed by atoms with E-state index in [0.717, 1.165) is 9.87 Å². The van der Waals surface area contributed by atoms with E-state index in [0.29, 0.717) is 56.8 Å². The summed E-state index contributed by atoms with van der Waals surface area (Å²) in [4.78, 5) is 35.7. The van der Waals surface area contributed by atoms with E-state index in [1.165, 1.54) is 64.5 Å². The number of carbonyl (C=O) groups excluding carboxylic acids is 2.